The van der Waals surface area contributed by atoms with Gasteiger partial charge in [0.2, 0.25) is 5.91 Å². The Hall–Kier alpha value is -1.46. The summed E-state index contributed by atoms with van der Waals surface area (Å²) in [6, 6.07) is 6.33. The Labute approximate surface area is 137 Å². The van der Waals surface area contributed by atoms with Gasteiger partial charge in [0.15, 0.2) is 0 Å². The Balaban J connectivity index is 1.60. The van der Waals surface area contributed by atoms with E-state index in [4.69, 9.17) is 0 Å². The molecule has 0 aromatic heterocycles. The quantitative estimate of drug-likeness (QED) is 0.757. The monoisotopic (exact) mass is 322 g/mol. The predicted molar refractivity (Wildman–Crippen MR) is 88.7 cm³/mol. The number of likely N-dealkylation sites (tertiary alicyclic amines) is 1. The van der Waals surface area contributed by atoms with Gasteiger partial charge in [-0.3, -0.25) is 4.79 Å². The standard InChI is InChI=1S/C18H27FN2O2/c1-14(15-3-5-16(19)6-4-15)13-18(23)20-9-2-10-21-11-7-17(22)8-12-21/h3-6,14,17,22H,2,7-13H2,1H3,(H,20,23). The summed E-state index contributed by atoms with van der Waals surface area (Å²) in [6.07, 6.45) is 2.90. The lowest BCUT2D eigenvalue weighted by Crippen LogP contribution is -2.37. The van der Waals surface area contributed by atoms with Crippen LogP contribution in [0.3, 0.4) is 0 Å². The molecule has 4 nitrogen and oxygen atoms in total. The lowest BCUT2D eigenvalue weighted by atomic mass is 9.97. The van der Waals surface area contributed by atoms with Crippen LogP contribution in [-0.4, -0.2) is 48.2 Å². The van der Waals surface area contributed by atoms with Crippen molar-refractivity contribution in [1.82, 2.24) is 10.2 Å². The molecule has 2 N–H and O–H groups in total. The highest BCUT2D eigenvalue weighted by molar-refractivity contribution is 5.76. The van der Waals surface area contributed by atoms with Gasteiger partial charge in [-0.05, 0) is 49.4 Å². The van der Waals surface area contributed by atoms with Gasteiger partial charge in [0.25, 0.3) is 0 Å². The average Bonchev–Trinajstić information content (AvgIpc) is 2.54. The van der Waals surface area contributed by atoms with Crippen molar-refractivity contribution in [2.75, 3.05) is 26.2 Å². The van der Waals surface area contributed by atoms with Gasteiger partial charge in [0, 0.05) is 26.1 Å². The van der Waals surface area contributed by atoms with Gasteiger partial charge in [0.05, 0.1) is 6.10 Å². The first-order valence-electron chi connectivity index (χ1n) is 8.47. The minimum atomic E-state index is -0.254. The molecule has 1 amide bonds. The van der Waals surface area contributed by atoms with Gasteiger partial charge in [-0.15, -0.1) is 0 Å². The molecule has 5 heteroatoms. The Morgan fingerprint density at radius 3 is 2.65 bits per heavy atom. The molecule has 1 heterocycles. The van der Waals surface area contributed by atoms with Gasteiger partial charge >= 0.3 is 0 Å². The highest BCUT2D eigenvalue weighted by Gasteiger charge is 2.16. The fourth-order valence-electron chi connectivity index (χ4n) is 2.93. The summed E-state index contributed by atoms with van der Waals surface area (Å²) >= 11 is 0. The summed E-state index contributed by atoms with van der Waals surface area (Å²) in [5.74, 6) is -0.134. The largest absolute Gasteiger partial charge is 0.393 e. The molecule has 1 unspecified atom stereocenters. The predicted octanol–water partition coefficient (Wildman–Crippen LogP) is 2.28. The third-order valence-electron chi connectivity index (χ3n) is 4.46. The molecule has 1 fully saturated rings. The number of benzene rings is 1. The minimum absolute atomic E-state index is 0.0379. The number of halogens is 1. The number of carbonyl (C=O) groups excluding carboxylic acids is 1. The van der Waals surface area contributed by atoms with E-state index >= 15 is 0 Å². The molecule has 0 bridgehead atoms. The summed E-state index contributed by atoms with van der Waals surface area (Å²) < 4.78 is 12.9. The molecular weight excluding hydrogens is 295 g/mol. The number of rotatable bonds is 7. The van der Waals surface area contributed by atoms with E-state index in [0.717, 1.165) is 44.5 Å². The zero-order valence-corrected chi connectivity index (χ0v) is 13.8. The molecule has 1 aliphatic heterocycles. The zero-order valence-electron chi connectivity index (χ0n) is 13.8. The van der Waals surface area contributed by atoms with Crippen LogP contribution in [0, 0.1) is 5.82 Å². The molecule has 0 aliphatic carbocycles. The van der Waals surface area contributed by atoms with Crippen molar-refractivity contribution >= 4 is 5.91 Å². The highest BCUT2D eigenvalue weighted by atomic mass is 19.1. The van der Waals surface area contributed by atoms with Crippen molar-refractivity contribution in [2.45, 2.75) is 44.6 Å². The van der Waals surface area contributed by atoms with Crippen LogP contribution >= 0.6 is 0 Å². The maximum atomic E-state index is 12.9. The van der Waals surface area contributed by atoms with E-state index in [1.807, 2.05) is 6.92 Å². The summed E-state index contributed by atoms with van der Waals surface area (Å²) in [5.41, 5.74) is 0.980. The van der Waals surface area contributed by atoms with Crippen molar-refractivity contribution < 1.29 is 14.3 Å². The molecule has 2 rings (SSSR count). The number of nitrogens with zero attached hydrogens (tertiary/aromatic N) is 1. The maximum Gasteiger partial charge on any atom is 0.220 e. The first-order valence-corrected chi connectivity index (χ1v) is 8.47. The van der Waals surface area contributed by atoms with Crippen LogP contribution in [0.5, 0.6) is 0 Å². The summed E-state index contributed by atoms with van der Waals surface area (Å²) in [5, 5.41) is 12.4. The van der Waals surface area contributed by atoms with Crippen molar-refractivity contribution in [3.8, 4) is 0 Å². The van der Waals surface area contributed by atoms with E-state index in [9.17, 15) is 14.3 Å². The van der Waals surface area contributed by atoms with Crippen LogP contribution in [-0.2, 0) is 4.79 Å². The number of hydrogen-bond acceptors (Lipinski definition) is 3. The highest BCUT2D eigenvalue weighted by Crippen LogP contribution is 2.19. The molecule has 1 aliphatic rings. The third-order valence-corrected chi connectivity index (χ3v) is 4.46. The van der Waals surface area contributed by atoms with Crippen LogP contribution in [0.2, 0.25) is 0 Å². The molecule has 0 spiro atoms. The van der Waals surface area contributed by atoms with E-state index in [2.05, 4.69) is 10.2 Å². The van der Waals surface area contributed by atoms with E-state index in [1.165, 1.54) is 12.1 Å². The molecule has 1 saturated heterocycles. The van der Waals surface area contributed by atoms with Crippen molar-refractivity contribution in [3.63, 3.8) is 0 Å². The maximum absolute atomic E-state index is 12.9. The molecular formula is C18H27FN2O2. The van der Waals surface area contributed by atoms with Gasteiger partial charge < -0.3 is 15.3 Å². The van der Waals surface area contributed by atoms with Crippen LogP contribution in [0.25, 0.3) is 0 Å². The van der Waals surface area contributed by atoms with Gasteiger partial charge in [-0.1, -0.05) is 19.1 Å². The fraction of sp³-hybridized carbons (Fsp3) is 0.611. The Morgan fingerprint density at radius 2 is 2.00 bits per heavy atom. The van der Waals surface area contributed by atoms with Crippen LogP contribution in [0.15, 0.2) is 24.3 Å². The van der Waals surface area contributed by atoms with Crippen molar-refractivity contribution in [2.24, 2.45) is 0 Å². The Morgan fingerprint density at radius 1 is 1.35 bits per heavy atom. The second-order valence-electron chi connectivity index (χ2n) is 6.43. The second kappa shape index (κ2) is 8.99. The van der Waals surface area contributed by atoms with Crippen LogP contribution < -0.4 is 5.32 Å². The molecule has 1 atom stereocenters. The van der Waals surface area contributed by atoms with E-state index < -0.39 is 0 Å². The number of aliphatic hydroxyl groups is 1. The topological polar surface area (TPSA) is 52.6 Å². The summed E-state index contributed by atoms with van der Waals surface area (Å²) in [4.78, 5) is 14.3. The zero-order chi connectivity index (χ0) is 16.7. The fourth-order valence-corrected chi connectivity index (χ4v) is 2.93. The molecule has 0 saturated carbocycles. The number of aliphatic hydroxyl groups excluding tert-OH is 1. The van der Waals surface area contributed by atoms with Crippen LogP contribution in [0.1, 0.15) is 44.1 Å². The van der Waals surface area contributed by atoms with Gasteiger partial charge in [-0.25, -0.2) is 4.39 Å². The van der Waals surface area contributed by atoms with Gasteiger partial charge in [-0.2, -0.15) is 0 Å². The first-order chi connectivity index (χ1) is 11.0. The lowest BCUT2D eigenvalue weighted by molar-refractivity contribution is -0.121. The normalized spacial score (nSPS) is 17.9. The summed E-state index contributed by atoms with van der Waals surface area (Å²) in [6.45, 7) is 5.49. The number of nitrogens with one attached hydrogen (secondary N) is 1. The molecule has 23 heavy (non-hydrogen) atoms. The smallest absolute Gasteiger partial charge is 0.220 e. The lowest BCUT2D eigenvalue weighted by Gasteiger charge is -2.29. The summed E-state index contributed by atoms with van der Waals surface area (Å²) in [7, 11) is 0. The molecule has 1 aromatic rings. The number of amides is 1. The third kappa shape index (κ3) is 6.28. The SMILES string of the molecule is CC(CC(=O)NCCCN1CCC(O)CC1)c1ccc(F)cc1. The average molecular weight is 322 g/mol. The number of hydrogen-bond donors (Lipinski definition) is 2. The molecule has 0 radical (unpaired) electrons. The Bertz CT molecular complexity index is 484. The van der Waals surface area contributed by atoms with Gasteiger partial charge in [0.1, 0.15) is 5.82 Å². The van der Waals surface area contributed by atoms with E-state index in [1.54, 1.807) is 12.1 Å². The Kier molecular flexibility index (Phi) is 6.99. The van der Waals surface area contributed by atoms with Crippen molar-refractivity contribution in [1.29, 1.82) is 0 Å². The first kappa shape index (κ1) is 17.9. The molecule has 1 aromatic carbocycles. The minimum Gasteiger partial charge on any atom is -0.393 e. The number of piperidine rings is 1. The number of carbonyl (C=O) groups is 1. The molecule has 128 valence electrons. The van der Waals surface area contributed by atoms with Crippen molar-refractivity contribution in [3.05, 3.63) is 35.6 Å². The van der Waals surface area contributed by atoms with E-state index in [-0.39, 0.29) is 23.7 Å². The van der Waals surface area contributed by atoms with Crippen LogP contribution in [0.4, 0.5) is 4.39 Å². The second-order valence-corrected chi connectivity index (χ2v) is 6.43. The van der Waals surface area contributed by atoms with E-state index in [0.29, 0.717) is 13.0 Å².